The van der Waals surface area contributed by atoms with Gasteiger partial charge in [0.25, 0.3) is 5.91 Å². The van der Waals surface area contributed by atoms with Gasteiger partial charge >= 0.3 is 0 Å². The minimum atomic E-state index is -0.204. The molecule has 2 aromatic heterocycles. The van der Waals surface area contributed by atoms with Gasteiger partial charge in [0.1, 0.15) is 5.15 Å². The maximum Gasteiger partial charge on any atom is 0.255 e. The number of rotatable bonds is 2. The van der Waals surface area contributed by atoms with Crippen LogP contribution in [0.1, 0.15) is 15.9 Å². The fraction of sp³-hybridized carbons (Fsp3) is 0.0714. The largest absolute Gasteiger partial charge is 0.321 e. The van der Waals surface area contributed by atoms with Crippen LogP contribution >= 0.6 is 11.6 Å². The molecule has 0 fully saturated rings. The minimum absolute atomic E-state index is 0.204. The summed E-state index contributed by atoms with van der Waals surface area (Å²) in [5.74, 6) is -0.204. The normalized spacial score (nSPS) is 10.7. The van der Waals surface area contributed by atoms with Gasteiger partial charge in [-0.05, 0) is 30.7 Å². The van der Waals surface area contributed by atoms with Gasteiger partial charge in [0.2, 0.25) is 0 Å². The summed E-state index contributed by atoms with van der Waals surface area (Å²) in [6, 6.07) is 7.14. The van der Waals surface area contributed by atoms with Crippen molar-refractivity contribution in [1.82, 2.24) is 15.2 Å². The average molecular weight is 287 g/mol. The Morgan fingerprint density at radius 1 is 1.30 bits per heavy atom. The van der Waals surface area contributed by atoms with Crippen molar-refractivity contribution >= 4 is 34.1 Å². The first-order valence-corrected chi connectivity index (χ1v) is 6.38. The number of aryl methyl sites for hydroxylation is 1. The number of fused-ring (bicyclic) bond motifs is 1. The smallest absolute Gasteiger partial charge is 0.255 e. The van der Waals surface area contributed by atoms with Crippen molar-refractivity contribution in [1.29, 1.82) is 0 Å². The number of carbonyl (C=O) groups excluding carboxylic acids is 1. The Balaban J connectivity index is 1.86. The number of nitrogens with one attached hydrogen (secondary N) is 2. The number of carbonyl (C=O) groups is 1. The van der Waals surface area contributed by atoms with Crippen molar-refractivity contribution in [3.63, 3.8) is 0 Å². The number of hydrogen-bond acceptors (Lipinski definition) is 3. The van der Waals surface area contributed by atoms with Gasteiger partial charge in [-0.2, -0.15) is 5.10 Å². The van der Waals surface area contributed by atoms with Gasteiger partial charge in [-0.25, -0.2) is 4.98 Å². The predicted octanol–water partition coefficient (Wildman–Crippen LogP) is 3.17. The van der Waals surface area contributed by atoms with Gasteiger partial charge < -0.3 is 5.32 Å². The second kappa shape index (κ2) is 4.94. The lowest BCUT2D eigenvalue weighted by molar-refractivity contribution is 0.102. The molecule has 1 amide bonds. The molecule has 0 aliphatic rings. The Morgan fingerprint density at radius 3 is 2.95 bits per heavy atom. The van der Waals surface area contributed by atoms with E-state index < -0.39 is 0 Å². The Morgan fingerprint density at radius 2 is 2.15 bits per heavy atom. The van der Waals surface area contributed by atoms with E-state index >= 15 is 0 Å². The Hall–Kier alpha value is -2.40. The van der Waals surface area contributed by atoms with Crippen molar-refractivity contribution < 1.29 is 4.79 Å². The number of amides is 1. The van der Waals surface area contributed by atoms with E-state index in [0.29, 0.717) is 16.4 Å². The lowest BCUT2D eigenvalue weighted by atomic mass is 10.1. The quantitative estimate of drug-likeness (QED) is 0.711. The van der Waals surface area contributed by atoms with E-state index in [0.717, 1.165) is 16.5 Å². The fourth-order valence-corrected chi connectivity index (χ4v) is 2.01. The van der Waals surface area contributed by atoms with E-state index in [1.165, 1.54) is 6.20 Å². The number of pyridine rings is 1. The van der Waals surface area contributed by atoms with Crippen molar-refractivity contribution in [2.45, 2.75) is 6.92 Å². The predicted molar refractivity (Wildman–Crippen MR) is 78.0 cm³/mol. The summed E-state index contributed by atoms with van der Waals surface area (Å²) in [5, 5.41) is 10.9. The zero-order chi connectivity index (χ0) is 14.1. The highest BCUT2D eigenvalue weighted by Crippen LogP contribution is 2.18. The van der Waals surface area contributed by atoms with Gasteiger partial charge in [-0.1, -0.05) is 17.7 Å². The van der Waals surface area contributed by atoms with Crippen LogP contribution in [0.3, 0.4) is 0 Å². The number of aromatic amines is 1. The maximum atomic E-state index is 12.2. The molecule has 5 nitrogen and oxygen atoms in total. The summed E-state index contributed by atoms with van der Waals surface area (Å²) < 4.78 is 0. The highest BCUT2D eigenvalue weighted by molar-refractivity contribution is 6.30. The molecule has 1 aromatic carbocycles. The summed E-state index contributed by atoms with van der Waals surface area (Å²) in [6.07, 6.45) is 3.24. The van der Waals surface area contributed by atoms with E-state index in [1.807, 2.05) is 13.0 Å². The lowest BCUT2D eigenvalue weighted by Crippen LogP contribution is -2.12. The number of anilines is 1. The molecule has 0 atom stereocenters. The van der Waals surface area contributed by atoms with Gasteiger partial charge in [-0.3, -0.25) is 9.89 Å². The maximum absolute atomic E-state index is 12.2. The van der Waals surface area contributed by atoms with Gasteiger partial charge in [-0.15, -0.1) is 0 Å². The van der Waals surface area contributed by atoms with Crippen LogP contribution in [0, 0.1) is 6.92 Å². The van der Waals surface area contributed by atoms with Gasteiger partial charge in [0.15, 0.2) is 0 Å². The number of H-pyrrole nitrogens is 1. The van der Waals surface area contributed by atoms with Gasteiger partial charge in [0, 0.05) is 10.9 Å². The molecule has 0 radical (unpaired) electrons. The molecule has 2 N–H and O–H groups in total. The van der Waals surface area contributed by atoms with Crippen LogP contribution in [0.4, 0.5) is 5.69 Å². The van der Waals surface area contributed by atoms with Crippen molar-refractivity contribution in [2.75, 3.05) is 5.32 Å². The fourth-order valence-electron chi connectivity index (χ4n) is 1.91. The Bertz CT molecular complexity index is 797. The highest BCUT2D eigenvalue weighted by atomic mass is 35.5. The summed E-state index contributed by atoms with van der Waals surface area (Å²) in [5.41, 5.74) is 2.80. The Labute approximate surface area is 120 Å². The van der Waals surface area contributed by atoms with E-state index in [-0.39, 0.29) is 5.91 Å². The molecular weight excluding hydrogens is 276 g/mol. The standard InChI is InChI=1S/C14H11ClN4O/c1-8-4-11(7-16-13(8)15)18-14(20)9-2-3-10-6-17-19-12(10)5-9/h2-7H,1H3,(H,17,19)(H,18,20). The van der Waals surface area contributed by atoms with Crippen molar-refractivity contribution in [3.8, 4) is 0 Å². The first-order valence-electron chi connectivity index (χ1n) is 6.00. The van der Waals surface area contributed by atoms with Crippen LogP contribution in [0.5, 0.6) is 0 Å². The van der Waals surface area contributed by atoms with Crippen LogP contribution < -0.4 is 5.32 Å². The summed E-state index contributed by atoms with van der Waals surface area (Å²) in [7, 11) is 0. The van der Waals surface area contributed by atoms with E-state index in [9.17, 15) is 4.79 Å². The number of nitrogens with zero attached hydrogens (tertiary/aromatic N) is 2. The van der Waals surface area contributed by atoms with E-state index in [1.54, 1.807) is 24.4 Å². The molecule has 0 aliphatic heterocycles. The molecule has 0 unspecified atom stereocenters. The van der Waals surface area contributed by atoms with Crippen LogP contribution in [-0.4, -0.2) is 21.1 Å². The third-order valence-corrected chi connectivity index (χ3v) is 3.37. The highest BCUT2D eigenvalue weighted by Gasteiger charge is 2.08. The average Bonchev–Trinajstić information content (AvgIpc) is 2.90. The van der Waals surface area contributed by atoms with E-state index in [2.05, 4.69) is 20.5 Å². The van der Waals surface area contributed by atoms with Crippen LogP contribution in [0.15, 0.2) is 36.7 Å². The molecule has 0 aliphatic carbocycles. The molecular formula is C14H11ClN4O. The van der Waals surface area contributed by atoms with Crippen LogP contribution in [0.2, 0.25) is 5.15 Å². The summed E-state index contributed by atoms with van der Waals surface area (Å²) in [4.78, 5) is 16.2. The number of benzene rings is 1. The molecule has 20 heavy (non-hydrogen) atoms. The molecule has 0 saturated carbocycles. The molecule has 0 bridgehead atoms. The number of halogens is 1. The third-order valence-electron chi connectivity index (χ3n) is 2.98. The lowest BCUT2D eigenvalue weighted by Gasteiger charge is -2.06. The van der Waals surface area contributed by atoms with E-state index in [4.69, 9.17) is 11.6 Å². The van der Waals surface area contributed by atoms with Crippen LogP contribution in [-0.2, 0) is 0 Å². The second-order valence-corrected chi connectivity index (χ2v) is 4.82. The molecule has 3 rings (SSSR count). The second-order valence-electron chi connectivity index (χ2n) is 4.46. The molecule has 0 saturated heterocycles. The third kappa shape index (κ3) is 2.35. The van der Waals surface area contributed by atoms with Crippen molar-refractivity contribution in [2.24, 2.45) is 0 Å². The Kier molecular flexibility index (Phi) is 3.12. The summed E-state index contributed by atoms with van der Waals surface area (Å²) in [6.45, 7) is 1.83. The number of hydrogen-bond donors (Lipinski definition) is 2. The van der Waals surface area contributed by atoms with Crippen LogP contribution in [0.25, 0.3) is 10.9 Å². The SMILES string of the molecule is Cc1cc(NC(=O)c2ccc3cn[nH]c3c2)cnc1Cl. The summed E-state index contributed by atoms with van der Waals surface area (Å²) >= 11 is 5.85. The first-order chi connectivity index (χ1) is 9.63. The topological polar surface area (TPSA) is 70.7 Å². The zero-order valence-corrected chi connectivity index (χ0v) is 11.4. The molecule has 3 aromatic rings. The first kappa shape index (κ1) is 12.6. The molecule has 100 valence electrons. The number of aromatic nitrogens is 3. The zero-order valence-electron chi connectivity index (χ0n) is 10.6. The molecule has 6 heteroatoms. The minimum Gasteiger partial charge on any atom is -0.321 e. The molecule has 2 heterocycles. The molecule has 0 spiro atoms. The van der Waals surface area contributed by atoms with Gasteiger partial charge in [0.05, 0.1) is 23.6 Å². The van der Waals surface area contributed by atoms with Crippen molar-refractivity contribution in [3.05, 3.63) is 52.9 Å². The monoisotopic (exact) mass is 286 g/mol.